The van der Waals surface area contributed by atoms with E-state index in [1.54, 1.807) is 0 Å². The molecule has 0 spiro atoms. The fourth-order valence-corrected chi connectivity index (χ4v) is 9.09. The van der Waals surface area contributed by atoms with E-state index in [0.717, 1.165) is 103 Å². The molecule has 0 heterocycles. The molecule has 3 atom stereocenters. The number of amides is 1. The van der Waals surface area contributed by atoms with Gasteiger partial charge in [0, 0.05) is 12.8 Å². The lowest BCUT2D eigenvalue weighted by Crippen LogP contribution is -2.47. The Morgan fingerprint density at radius 3 is 1.32 bits per heavy atom. The quantitative estimate of drug-likeness (QED) is 0.0212. The molecule has 0 saturated carbocycles. The summed E-state index contributed by atoms with van der Waals surface area (Å²) in [5.74, 6) is -0.574. The number of phosphoric ester groups is 1. The van der Waals surface area contributed by atoms with Crippen LogP contribution in [0.4, 0.5) is 0 Å². The minimum Gasteiger partial charge on any atom is -0.756 e. The molecule has 9 nitrogen and oxygen atoms in total. The van der Waals surface area contributed by atoms with Crippen LogP contribution in [-0.2, 0) is 27.9 Å². The summed E-state index contributed by atoms with van der Waals surface area (Å²) in [4.78, 5) is 39.9. The third kappa shape index (κ3) is 54.0. The third-order valence-corrected chi connectivity index (χ3v) is 14.0. The first-order valence-electron chi connectivity index (χ1n) is 30.4. The van der Waals surface area contributed by atoms with E-state index in [4.69, 9.17) is 13.8 Å². The summed E-state index contributed by atoms with van der Waals surface area (Å²) in [6.45, 7) is 6.69. The maximum Gasteiger partial charge on any atom is 0.306 e. The first-order valence-corrected chi connectivity index (χ1v) is 31.9. The maximum absolute atomic E-state index is 13.5. The molecule has 0 rings (SSSR count). The number of hydrogen-bond acceptors (Lipinski definition) is 7. The molecular formula is C64H115N2O7P. The number of likely N-dealkylation sites (N-methyl/N-ethyl adjacent to an activating group) is 1. The van der Waals surface area contributed by atoms with Crippen LogP contribution in [0, 0.1) is 0 Å². The number of nitrogens with one attached hydrogen (secondary N) is 1. The Morgan fingerprint density at radius 2 is 0.865 bits per heavy atom. The summed E-state index contributed by atoms with van der Waals surface area (Å²) in [6, 6.07) is -0.903. The van der Waals surface area contributed by atoms with Crippen LogP contribution in [0.25, 0.3) is 0 Å². The molecule has 3 unspecified atom stereocenters. The van der Waals surface area contributed by atoms with E-state index in [9.17, 15) is 19.0 Å². The first kappa shape index (κ1) is 71.2. The van der Waals surface area contributed by atoms with E-state index in [0.29, 0.717) is 30.3 Å². The summed E-state index contributed by atoms with van der Waals surface area (Å²) in [6.07, 6.45) is 69.8. The minimum atomic E-state index is -4.70. The highest BCUT2D eigenvalue weighted by atomic mass is 31.2. The second-order valence-corrected chi connectivity index (χ2v) is 22.9. The Balaban J connectivity index is 5.23. The van der Waals surface area contributed by atoms with E-state index in [2.05, 4.69) is 99.0 Å². The zero-order valence-electron chi connectivity index (χ0n) is 48.8. The molecule has 0 fully saturated rings. The Bertz CT molecular complexity index is 1540. The van der Waals surface area contributed by atoms with Crippen LogP contribution in [0.2, 0.25) is 0 Å². The monoisotopic (exact) mass is 1050 g/mol. The SMILES string of the molecule is CC/C=C\C/C=C\C/C=C\C/C=C\C/C=C\CCCCCCCCCC(=O)OC(/C=C\CCCCCCCCCCC)C(COP(=O)([O-])OCC[N+](C)(C)C)NC(=O)CCCCC/C=C\CCCCCCCCC. The van der Waals surface area contributed by atoms with Crippen molar-refractivity contribution in [3.05, 3.63) is 85.1 Å². The van der Waals surface area contributed by atoms with Crippen molar-refractivity contribution >= 4 is 19.7 Å². The first-order chi connectivity index (χ1) is 35.9. The molecule has 0 radical (unpaired) electrons. The highest BCUT2D eigenvalue weighted by molar-refractivity contribution is 7.45. The number of phosphoric acid groups is 1. The number of carbonyl (C=O) groups excluding carboxylic acids is 2. The van der Waals surface area contributed by atoms with Gasteiger partial charge in [-0.05, 0) is 102 Å². The number of rotatable bonds is 54. The number of esters is 1. The second kappa shape index (κ2) is 53.6. The molecule has 0 aliphatic rings. The maximum atomic E-state index is 13.5. The average Bonchev–Trinajstić information content (AvgIpc) is 3.36. The van der Waals surface area contributed by atoms with Crippen molar-refractivity contribution in [2.75, 3.05) is 40.9 Å². The predicted molar refractivity (Wildman–Crippen MR) is 316 cm³/mol. The van der Waals surface area contributed by atoms with Gasteiger partial charge in [-0.1, -0.05) is 228 Å². The summed E-state index contributed by atoms with van der Waals surface area (Å²) in [7, 11) is 1.16. The lowest BCUT2D eigenvalue weighted by Gasteiger charge is -2.30. The molecule has 1 amide bonds. The van der Waals surface area contributed by atoms with Gasteiger partial charge in [0.25, 0.3) is 7.82 Å². The Hall–Kier alpha value is -2.81. The molecule has 0 saturated heterocycles. The minimum absolute atomic E-state index is 0.0300. The molecule has 10 heteroatoms. The molecule has 428 valence electrons. The Morgan fingerprint density at radius 1 is 0.486 bits per heavy atom. The third-order valence-electron chi connectivity index (χ3n) is 13.1. The Labute approximate surface area is 456 Å². The van der Waals surface area contributed by atoms with Crippen molar-refractivity contribution in [3.8, 4) is 0 Å². The van der Waals surface area contributed by atoms with Crippen LogP contribution in [0.5, 0.6) is 0 Å². The van der Waals surface area contributed by atoms with Crippen LogP contribution in [0.1, 0.15) is 258 Å². The van der Waals surface area contributed by atoms with E-state index in [-0.39, 0.29) is 24.9 Å². The van der Waals surface area contributed by atoms with Crippen LogP contribution in [-0.4, -0.2) is 69.4 Å². The smallest absolute Gasteiger partial charge is 0.306 e. The van der Waals surface area contributed by atoms with Crippen molar-refractivity contribution in [2.45, 2.75) is 270 Å². The highest BCUT2D eigenvalue weighted by Gasteiger charge is 2.27. The molecule has 0 aromatic rings. The lowest BCUT2D eigenvalue weighted by molar-refractivity contribution is -0.870. The summed E-state index contributed by atoms with van der Waals surface area (Å²) >= 11 is 0. The topological polar surface area (TPSA) is 114 Å². The van der Waals surface area contributed by atoms with Crippen LogP contribution < -0.4 is 10.2 Å². The number of quaternary nitrogens is 1. The number of hydrogen-bond donors (Lipinski definition) is 1. The van der Waals surface area contributed by atoms with Gasteiger partial charge in [-0.25, -0.2) is 0 Å². The zero-order valence-corrected chi connectivity index (χ0v) is 49.7. The van der Waals surface area contributed by atoms with E-state index in [1.807, 2.05) is 33.3 Å². The van der Waals surface area contributed by atoms with Gasteiger partial charge in [0.05, 0.1) is 33.8 Å². The van der Waals surface area contributed by atoms with Crippen LogP contribution in [0.15, 0.2) is 85.1 Å². The molecule has 1 N–H and O–H groups in total. The number of allylic oxidation sites excluding steroid dienone is 13. The molecule has 74 heavy (non-hydrogen) atoms. The largest absolute Gasteiger partial charge is 0.756 e. The molecule has 0 aliphatic carbocycles. The summed E-state index contributed by atoms with van der Waals surface area (Å²) in [5, 5.41) is 3.01. The molecule has 0 aliphatic heterocycles. The highest BCUT2D eigenvalue weighted by Crippen LogP contribution is 2.38. The van der Waals surface area contributed by atoms with Gasteiger partial charge in [0.2, 0.25) is 5.91 Å². The van der Waals surface area contributed by atoms with Gasteiger partial charge >= 0.3 is 5.97 Å². The van der Waals surface area contributed by atoms with Crippen molar-refractivity contribution in [1.82, 2.24) is 5.32 Å². The van der Waals surface area contributed by atoms with Crippen LogP contribution in [0.3, 0.4) is 0 Å². The lowest BCUT2D eigenvalue weighted by atomic mass is 10.1. The average molecular weight is 1060 g/mol. The van der Waals surface area contributed by atoms with Gasteiger partial charge in [-0.2, -0.15) is 0 Å². The van der Waals surface area contributed by atoms with Gasteiger partial charge in [-0.3, -0.25) is 14.2 Å². The van der Waals surface area contributed by atoms with Gasteiger partial charge < -0.3 is 28.5 Å². The number of unbranched alkanes of at least 4 members (excludes halogenated alkanes) is 26. The van der Waals surface area contributed by atoms with E-state index >= 15 is 0 Å². The standard InChI is InChI=1S/C64H115N2O7P/c1-7-10-13-16-19-22-25-27-29-30-31-32-33-34-35-36-37-39-42-45-48-51-54-57-64(68)73-62(55-52-49-46-43-40-24-21-18-15-12-9-3)61(60-72-74(69,70)71-59-58-66(4,5)6)65-63(67)56-53-50-47-44-41-38-28-26-23-20-17-14-11-8-2/h10,13,19,22,27,29,31-32,34-35,38,41,52,55,61-62H,7-9,11-12,14-18,20-21,23-26,28,30,33,36-37,39-40,42-51,53-54,56-60H2,1-6H3,(H-,65,67,69,70)/b13-10-,22-19-,29-27-,32-31-,35-34-,41-38-,55-52-. The molecule has 0 bridgehead atoms. The van der Waals surface area contributed by atoms with Crippen molar-refractivity contribution in [3.63, 3.8) is 0 Å². The van der Waals surface area contributed by atoms with Gasteiger partial charge in [-0.15, -0.1) is 0 Å². The van der Waals surface area contributed by atoms with Crippen molar-refractivity contribution in [2.24, 2.45) is 0 Å². The molecule has 0 aromatic heterocycles. The van der Waals surface area contributed by atoms with E-state index < -0.39 is 26.6 Å². The summed E-state index contributed by atoms with van der Waals surface area (Å²) < 4.78 is 30.2. The number of nitrogens with zero attached hydrogens (tertiary/aromatic N) is 1. The molecule has 0 aromatic carbocycles. The van der Waals surface area contributed by atoms with Crippen molar-refractivity contribution < 1.29 is 37.3 Å². The zero-order chi connectivity index (χ0) is 54.3. The fraction of sp³-hybridized carbons (Fsp3) is 0.750. The predicted octanol–water partition coefficient (Wildman–Crippen LogP) is 18.0. The van der Waals surface area contributed by atoms with Gasteiger partial charge in [0.15, 0.2) is 0 Å². The van der Waals surface area contributed by atoms with Gasteiger partial charge in [0.1, 0.15) is 19.3 Å². The number of carbonyl (C=O) groups is 2. The van der Waals surface area contributed by atoms with E-state index in [1.165, 1.54) is 109 Å². The molecular weight excluding hydrogens is 940 g/mol. The second-order valence-electron chi connectivity index (χ2n) is 21.5. The Kier molecular flexibility index (Phi) is 51.5. The van der Waals surface area contributed by atoms with Crippen molar-refractivity contribution in [1.29, 1.82) is 0 Å². The normalized spacial score (nSPS) is 14.3. The fourth-order valence-electron chi connectivity index (χ4n) is 8.37. The number of ether oxygens (including phenoxy) is 1. The summed E-state index contributed by atoms with van der Waals surface area (Å²) in [5.41, 5.74) is 0. The van der Waals surface area contributed by atoms with Crippen LogP contribution >= 0.6 is 7.82 Å².